The van der Waals surface area contributed by atoms with Crippen LogP contribution in [0.1, 0.15) is 15.9 Å². The molecule has 2 aromatic heterocycles. The molecule has 0 aliphatic carbocycles. The number of aryl methyl sites for hydroxylation is 1. The van der Waals surface area contributed by atoms with Gasteiger partial charge in [-0.3, -0.25) is 9.48 Å². The second-order valence-corrected chi connectivity index (χ2v) is 3.66. The first-order chi connectivity index (χ1) is 7.66. The highest BCUT2D eigenvalue weighted by molar-refractivity contribution is 6.32. The van der Waals surface area contributed by atoms with Gasteiger partial charge in [-0.2, -0.15) is 5.10 Å². The largest absolute Gasteiger partial charge is 0.452 e. The van der Waals surface area contributed by atoms with Gasteiger partial charge in [0.1, 0.15) is 0 Å². The van der Waals surface area contributed by atoms with Crippen molar-refractivity contribution in [3.05, 3.63) is 41.1 Å². The number of furan rings is 1. The van der Waals surface area contributed by atoms with E-state index in [-0.39, 0.29) is 11.1 Å². The van der Waals surface area contributed by atoms with Gasteiger partial charge in [0.2, 0.25) is 5.22 Å². The molecule has 0 unspecified atom stereocenters. The van der Waals surface area contributed by atoms with E-state index in [0.29, 0.717) is 12.1 Å². The third-order valence-corrected chi connectivity index (χ3v) is 2.37. The van der Waals surface area contributed by atoms with Crippen LogP contribution in [0.4, 0.5) is 0 Å². The number of carbonyl (C=O) groups excluding carboxylic acids is 1. The molecule has 1 amide bonds. The maximum absolute atomic E-state index is 11.6. The second-order valence-electron chi connectivity index (χ2n) is 3.31. The Morgan fingerprint density at radius 3 is 3.06 bits per heavy atom. The lowest BCUT2D eigenvalue weighted by molar-refractivity contribution is 0.0950. The minimum atomic E-state index is -0.261. The molecule has 2 heterocycles. The standard InChI is InChI=1S/C10H10ClN3O2/c1-14-6-7(5-13-14)4-12-10(15)8-2-3-16-9(8)11/h2-3,5-6H,4H2,1H3,(H,12,15). The maximum Gasteiger partial charge on any atom is 0.256 e. The number of rotatable bonds is 3. The lowest BCUT2D eigenvalue weighted by atomic mass is 10.3. The van der Waals surface area contributed by atoms with Gasteiger partial charge in [-0.25, -0.2) is 0 Å². The van der Waals surface area contributed by atoms with E-state index in [2.05, 4.69) is 10.4 Å². The monoisotopic (exact) mass is 239 g/mol. The van der Waals surface area contributed by atoms with Gasteiger partial charge >= 0.3 is 0 Å². The Labute approximate surface area is 97.0 Å². The Kier molecular flexibility index (Phi) is 2.96. The highest BCUT2D eigenvalue weighted by Gasteiger charge is 2.12. The minimum absolute atomic E-state index is 0.101. The van der Waals surface area contributed by atoms with Crippen molar-refractivity contribution < 1.29 is 9.21 Å². The summed E-state index contributed by atoms with van der Waals surface area (Å²) in [6.07, 6.45) is 4.90. The van der Waals surface area contributed by atoms with Gasteiger partial charge in [0.15, 0.2) is 0 Å². The topological polar surface area (TPSA) is 60.1 Å². The summed E-state index contributed by atoms with van der Waals surface area (Å²) in [4.78, 5) is 11.6. The van der Waals surface area contributed by atoms with E-state index in [1.807, 2.05) is 13.2 Å². The van der Waals surface area contributed by atoms with Crippen LogP contribution in [-0.2, 0) is 13.6 Å². The van der Waals surface area contributed by atoms with E-state index in [9.17, 15) is 4.79 Å². The molecule has 1 N–H and O–H groups in total. The molecule has 0 saturated carbocycles. The summed E-state index contributed by atoms with van der Waals surface area (Å²) >= 11 is 5.68. The van der Waals surface area contributed by atoms with Crippen molar-refractivity contribution in [3.8, 4) is 0 Å². The average Bonchev–Trinajstić information content (AvgIpc) is 2.84. The number of aromatic nitrogens is 2. The van der Waals surface area contributed by atoms with Crippen LogP contribution in [0.5, 0.6) is 0 Å². The van der Waals surface area contributed by atoms with Crippen molar-refractivity contribution >= 4 is 17.5 Å². The van der Waals surface area contributed by atoms with E-state index in [0.717, 1.165) is 5.56 Å². The van der Waals surface area contributed by atoms with E-state index >= 15 is 0 Å². The first-order valence-electron chi connectivity index (χ1n) is 4.65. The smallest absolute Gasteiger partial charge is 0.256 e. The molecule has 0 aromatic carbocycles. The fraction of sp³-hybridized carbons (Fsp3) is 0.200. The van der Waals surface area contributed by atoms with Crippen molar-refractivity contribution in [2.75, 3.05) is 0 Å². The lowest BCUT2D eigenvalue weighted by Crippen LogP contribution is -2.22. The lowest BCUT2D eigenvalue weighted by Gasteiger charge is -2.00. The highest BCUT2D eigenvalue weighted by atomic mass is 35.5. The molecule has 0 bridgehead atoms. The quantitative estimate of drug-likeness (QED) is 0.885. The zero-order chi connectivity index (χ0) is 11.5. The number of nitrogens with zero attached hydrogens (tertiary/aromatic N) is 2. The van der Waals surface area contributed by atoms with Crippen molar-refractivity contribution in [1.82, 2.24) is 15.1 Å². The molecule has 0 saturated heterocycles. The number of hydrogen-bond acceptors (Lipinski definition) is 3. The van der Waals surface area contributed by atoms with Gasteiger partial charge in [0.05, 0.1) is 18.0 Å². The Morgan fingerprint density at radius 2 is 2.50 bits per heavy atom. The zero-order valence-corrected chi connectivity index (χ0v) is 9.36. The van der Waals surface area contributed by atoms with E-state index in [1.54, 1.807) is 10.9 Å². The van der Waals surface area contributed by atoms with Crippen LogP contribution < -0.4 is 5.32 Å². The molecular weight excluding hydrogens is 230 g/mol. The number of halogens is 1. The summed E-state index contributed by atoms with van der Waals surface area (Å²) in [7, 11) is 1.82. The molecule has 2 aromatic rings. The Morgan fingerprint density at radius 1 is 1.69 bits per heavy atom. The zero-order valence-electron chi connectivity index (χ0n) is 8.61. The molecule has 5 nitrogen and oxygen atoms in total. The fourth-order valence-electron chi connectivity index (χ4n) is 1.30. The Hall–Kier alpha value is -1.75. The van der Waals surface area contributed by atoms with E-state index in [4.69, 9.17) is 16.0 Å². The number of carbonyl (C=O) groups is 1. The van der Waals surface area contributed by atoms with E-state index in [1.165, 1.54) is 12.3 Å². The summed E-state index contributed by atoms with van der Waals surface area (Å²) in [6.45, 7) is 0.411. The van der Waals surface area contributed by atoms with Crippen LogP contribution in [0.25, 0.3) is 0 Å². The third-order valence-electron chi connectivity index (χ3n) is 2.07. The van der Waals surface area contributed by atoms with Gasteiger partial charge < -0.3 is 9.73 Å². The first kappa shape index (κ1) is 10.8. The minimum Gasteiger partial charge on any atom is -0.452 e. The van der Waals surface area contributed by atoms with E-state index < -0.39 is 0 Å². The summed E-state index contributed by atoms with van der Waals surface area (Å²) in [6, 6.07) is 1.53. The van der Waals surface area contributed by atoms with Crippen LogP contribution in [-0.4, -0.2) is 15.7 Å². The number of nitrogens with one attached hydrogen (secondary N) is 1. The Balaban J connectivity index is 1.96. The molecule has 0 aliphatic heterocycles. The third kappa shape index (κ3) is 2.25. The van der Waals surface area contributed by atoms with Crippen LogP contribution in [0.15, 0.2) is 29.1 Å². The van der Waals surface area contributed by atoms with Gasteiger partial charge in [-0.05, 0) is 17.7 Å². The molecule has 0 atom stereocenters. The molecule has 0 aliphatic rings. The van der Waals surface area contributed by atoms with Gasteiger partial charge in [0.25, 0.3) is 5.91 Å². The van der Waals surface area contributed by atoms with Gasteiger partial charge in [-0.1, -0.05) is 0 Å². The average molecular weight is 240 g/mol. The highest BCUT2D eigenvalue weighted by Crippen LogP contribution is 2.16. The SMILES string of the molecule is Cn1cc(CNC(=O)c2ccoc2Cl)cn1. The van der Waals surface area contributed by atoms with Crippen LogP contribution in [0.3, 0.4) is 0 Å². The van der Waals surface area contributed by atoms with Crippen molar-refractivity contribution in [2.24, 2.45) is 7.05 Å². The fourth-order valence-corrected chi connectivity index (χ4v) is 1.50. The van der Waals surface area contributed by atoms with Crippen LogP contribution >= 0.6 is 11.6 Å². The molecule has 16 heavy (non-hydrogen) atoms. The predicted octanol–water partition coefficient (Wildman–Crippen LogP) is 1.60. The predicted molar refractivity (Wildman–Crippen MR) is 58.1 cm³/mol. The number of hydrogen-bond donors (Lipinski definition) is 1. The summed E-state index contributed by atoms with van der Waals surface area (Å²) in [5, 5.41) is 6.82. The van der Waals surface area contributed by atoms with Crippen LogP contribution in [0.2, 0.25) is 5.22 Å². The molecule has 6 heteroatoms. The molecule has 84 valence electrons. The normalized spacial score (nSPS) is 10.4. The molecule has 0 radical (unpaired) electrons. The molecule has 2 rings (SSSR count). The van der Waals surface area contributed by atoms with Gasteiger partial charge in [-0.15, -0.1) is 0 Å². The summed E-state index contributed by atoms with van der Waals surface area (Å²) < 4.78 is 6.50. The van der Waals surface area contributed by atoms with Crippen LogP contribution in [0, 0.1) is 0 Å². The molecule has 0 spiro atoms. The first-order valence-corrected chi connectivity index (χ1v) is 5.03. The van der Waals surface area contributed by atoms with Crippen molar-refractivity contribution in [2.45, 2.75) is 6.54 Å². The molecular formula is C10H10ClN3O2. The Bertz CT molecular complexity index is 504. The van der Waals surface area contributed by atoms with Crippen molar-refractivity contribution in [3.63, 3.8) is 0 Å². The summed E-state index contributed by atoms with van der Waals surface area (Å²) in [5.74, 6) is -0.261. The number of amides is 1. The summed E-state index contributed by atoms with van der Waals surface area (Å²) in [5.41, 5.74) is 1.26. The maximum atomic E-state index is 11.6. The van der Waals surface area contributed by atoms with Gasteiger partial charge in [0, 0.05) is 25.4 Å². The second kappa shape index (κ2) is 4.40. The molecule has 0 fully saturated rings. The van der Waals surface area contributed by atoms with Crippen molar-refractivity contribution in [1.29, 1.82) is 0 Å².